The fraction of sp³-hybridized carbons (Fsp3) is 0.625. The first kappa shape index (κ1) is 23.8. The first-order chi connectivity index (χ1) is 13.9. The highest BCUT2D eigenvalue weighted by molar-refractivity contribution is 8.00. The summed E-state index contributed by atoms with van der Waals surface area (Å²) >= 11 is -0.317. The molecule has 3 rings (SSSR count). The maximum absolute atomic E-state index is 12.8. The molecular formula is C16H23F3N4O4S3. The van der Waals surface area contributed by atoms with Gasteiger partial charge in [-0.25, -0.2) is 8.42 Å². The molecule has 0 spiro atoms. The Morgan fingerprint density at radius 1 is 0.767 bits per heavy atom. The molecule has 0 bridgehead atoms. The van der Waals surface area contributed by atoms with E-state index < -0.39 is 25.7 Å². The van der Waals surface area contributed by atoms with Crippen molar-refractivity contribution < 1.29 is 30.0 Å². The third kappa shape index (κ3) is 5.47. The number of hydrogen-bond donors (Lipinski definition) is 0. The van der Waals surface area contributed by atoms with Crippen LogP contribution >= 0.6 is 11.8 Å². The minimum atomic E-state index is -4.45. The van der Waals surface area contributed by atoms with Gasteiger partial charge in [-0.15, -0.1) is 0 Å². The van der Waals surface area contributed by atoms with E-state index in [4.69, 9.17) is 0 Å². The molecule has 0 radical (unpaired) electrons. The molecule has 0 unspecified atom stereocenters. The van der Waals surface area contributed by atoms with E-state index in [0.717, 1.165) is 28.6 Å². The average Bonchev–Trinajstić information content (AvgIpc) is 2.67. The zero-order chi connectivity index (χ0) is 22.2. The lowest BCUT2D eigenvalue weighted by Crippen LogP contribution is -2.57. The molecule has 1 aromatic carbocycles. The first-order valence-electron chi connectivity index (χ1n) is 9.19. The number of likely N-dealkylation sites (N-methyl/N-ethyl adjacent to an activating group) is 1. The van der Waals surface area contributed by atoms with Gasteiger partial charge in [0.15, 0.2) is 0 Å². The van der Waals surface area contributed by atoms with Crippen LogP contribution in [0.4, 0.5) is 13.2 Å². The average molecular weight is 489 g/mol. The van der Waals surface area contributed by atoms with E-state index in [1.54, 1.807) is 0 Å². The summed E-state index contributed by atoms with van der Waals surface area (Å²) in [7, 11) is -5.66. The van der Waals surface area contributed by atoms with Crippen molar-refractivity contribution in [1.82, 2.24) is 17.8 Å². The number of rotatable bonds is 5. The Labute approximate surface area is 178 Å². The van der Waals surface area contributed by atoms with Crippen molar-refractivity contribution in [2.75, 3.05) is 59.4 Å². The molecule has 0 amide bonds. The highest BCUT2D eigenvalue weighted by atomic mass is 32.2. The zero-order valence-electron chi connectivity index (χ0n) is 16.2. The van der Waals surface area contributed by atoms with E-state index >= 15 is 0 Å². The number of thioether (sulfide) groups is 1. The van der Waals surface area contributed by atoms with Crippen LogP contribution in [0.1, 0.15) is 0 Å². The maximum Gasteiger partial charge on any atom is 0.446 e. The molecule has 0 aromatic heterocycles. The van der Waals surface area contributed by atoms with Gasteiger partial charge in [0.05, 0.1) is 4.90 Å². The molecule has 2 aliphatic heterocycles. The third-order valence-electron chi connectivity index (χ3n) is 5.01. The van der Waals surface area contributed by atoms with Gasteiger partial charge in [-0.3, -0.25) is 0 Å². The lowest BCUT2D eigenvalue weighted by Gasteiger charge is -2.38. The highest BCUT2D eigenvalue weighted by Gasteiger charge is 2.37. The van der Waals surface area contributed by atoms with Gasteiger partial charge in [-0.1, -0.05) is 0 Å². The van der Waals surface area contributed by atoms with E-state index in [2.05, 4.69) is 0 Å². The monoisotopic (exact) mass is 488 g/mol. The summed E-state index contributed by atoms with van der Waals surface area (Å²) in [6, 6.07) is 4.49. The van der Waals surface area contributed by atoms with Crippen molar-refractivity contribution in [2.45, 2.75) is 15.3 Å². The second kappa shape index (κ2) is 8.92. The summed E-state index contributed by atoms with van der Waals surface area (Å²) in [5.74, 6) is 0. The molecule has 0 saturated carbocycles. The smallest absolute Gasteiger partial charge is 0.304 e. The van der Waals surface area contributed by atoms with Crippen LogP contribution in [0.2, 0.25) is 0 Å². The number of piperazine rings is 2. The standard InChI is InChI=1S/C16H23F3N4O4S3/c1-20-6-8-22(9-7-20)30(26,27)23-12-10-21(11-13-23)29(24,25)15-4-2-14(3-5-15)28-16(17,18)19/h2-5H,6-13H2,1H3. The Hall–Kier alpha value is -0.900. The highest BCUT2D eigenvalue weighted by Crippen LogP contribution is 2.37. The summed E-state index contributed by atoms with van der Waals surface area (Å²) in [4.78, 5) is 1.81. The van der Waals surface area contributed by atoms with E-state index in [1.165, 1.54) is 8.61 Å². The maximum atomic E-state index is 12.8. The fourth-order valence-electron chi connectivity index (χ4n) is 3.29. The number of sulfonamides is 1. The van der Waals surface area contributed by atoms with E-state index in [0.29, 0.717) is 26.2 Å². The molecular weight excluding hydrogens is 465 g/mol. The molecule has 0 aliphatic carbocycles. The summed E-state index contributed by atoms with van der Waals surface area (Å²) < 4.78 is 92.3. The van der Waals surface area contributed by atoms with E-state index in [-0.39, 0.29) is 47.7 Å². The normalized spacial score (nSPS) is 21.7. The number of benzene rings is 1. The van der Waals surface area contributed by atoms with Crippen molar-refractivity contribution in [3.05, 3.63) is 24.3 Å². The van der Waals surface area contributed by atoms with Crippen LogP contribution in [-0.2, 0) is 20.2 Å². The van der Waals surface area contributed by atoms with Crippen molar-refractivity contribution in [1.29, 1.82) is 0 Å². The predicted molar refractivity (Wildman–Crippen MR) is 107 cm³/mol. The number of hydrogen-bond acceptors (Lipinski definition) is 6. The summed E-state index contributed by atoms with van der Waals surface area (Å²) in [5.41, 5.74) is -4.45. The lowest BCUT2D eigenvalue weighted by molar-refractivity contribution is -0.0328. The van der Waals surface area contributed by atoms with Gasteiger partial charge in [-0.05, 0) is 43.1 Å². The van der Waals surface area contributed by atoms with E-state index in [1.807, 2.05) is 11.9 Å². The van der Waals surface area contributed by atoms with Gasteiger partial charge >= 0.3 is 5.51 Å². The zero-order valence-corrected chi connectivity index (χ0v) is 18.7. The Morgan fingerprint density at radius 3 is 1.67 bits per heavy atom. The fourth-order valence-corrected chi connectivity index (χ4v) is 6.82. The van der Waals surface area contributed by atoms with Gasteiger partial charge in [0.1, 0.15) is 0 Å². The first-order valence-corrected chi connectivity index (χ1v) is 12.8. The Kier molecular flexibility index (Phi) is 7.06. The minimum absolute atomic E-state index is 0.0195. The summed E-state index contributed by atoms with van der Waals surface area (Å²) in [6.07, 6.45) is 0. The molecule has 2 aliphatic rings. The van der Waals surface area contributed by atoms with Crippen LogP contribution in [0, 0.1) is 0 Å². The minimum Gasteiger partial charge on any atom is -0.304 e. The van der Waals surface area contributed by atoms with Crippen molar-refractivity contribution in [3.8, 4) is 0 Å². The topological polar surface area (TPSA) is 81.2 Å². The molecule has 14 heteroatoms. The number of halogens is 3. The van der Waals surface area contributed by atoms with Crippen LogP contribution in [-0.4, -0.2) is 99.6 Å². The molecule has 30 heavy (non-hydrogen) atoms. The van der Waals surface area contributed by atoms with Gasteiger partial charge in [-0.2, -0.15) is 34.5 Å². The lowest BCUT2D eigenvalue weighted by atomic mass is 10.4. The Balaban J connectivity index is 1.63. The Morgan fingerprint density at radius 2 is 1.20 bits per heavy atom. The summed E-state index contributed by atoms with van der Waals surface area (Å²) in [6.45, 7) is 2.06. The molecule has 2 saturated heterocycles. The van der Waals surface area contributed by atoms with Crippen molar-refractivity contribution in [2.24, 2.45) is 0 Å². The quantitative estimate of drug-likeness (QED) is 0.578. The SMILES string of the molecule is CN1CCN(S(=O)(=O)N2CCN(S(=O)(=O)c3ccc(SC(F)(F)F)cc3)CC2)CC1. The van der Waals surface area contributed by atoms with Crippen LogP contribution in [0.25, 0.3) is 0 Å². The molecule has 170 valence electrons. The van der Waals surface area contributed by atoms with Crippen LogP contribution in [0.3, 0.4) is 0 Å². The number of nitrogens with zero attached hydrogens (tertiary/aromatic N) is 4. The number of alkyl halides is 3. The second-order valence-corrected chi connectivity index (χ2v) is 12.0. The van der Waals surface area contributed by atoms with E-state index in [9.17, 15) is 30.0 Å². The van der Waals surface area contributed by atoms with Crippen LogP contribution in [0.5, 0.6) is 0 Å². The van der Waals surface area contributed by atoms with Gasteiger partial charge in [0, 0.05) is 57.3 Å². The molecule has 0 atom stereocenters. The van der Waals surface area contributed by atoms with Crippen molar-refractivity contribution in [3.63, 3.8) is 0 Å². The molecule has 2 fully saturated rings. The molecule has 0 N–H and O–H groups in total. The second-order valence-electron chi connectivity index (χ2n) is 7.03. The van der Waals surface area contributed by atoms with Gasteiger partial charge < -0.3 is 4.90 Å². The predicted octanol–water partition coefficient (Wildman–Crippen LogP) is 1.10. The molecule has 8 nitrogen and oxygen atoms in total. The third-order valence-corrected chi connectivity index (χ3v) is 9.70. The van der Waals surface area contributed by atoms with Gasteiger partial charge in [0.2, 0.25) is 10.0 Å². The van der Waals surface area contributed by atoms with Gasteiger partial charge in [0.25, 0.3) is 10.2 Å². The van der Waals surface area contributed by atoms with Crippen molar-refractivity contribution >= 4 is 32.0 Å². The molecule has 2 heterocycles. The molecule has 1 aromatic rings. The Bertz CT molecular complexity index is 939. The van der Waals surface area contributed by atoms with Crippen LogP contribution in [0.15, 0.2) is 34.1 Å². The summed E-state index contributed by atoms with van der Waals surface area (Å²) in [5, 5.41) is 0. The largest absolute Gasteiger partial charge is 0.446 e. The van der Waals surface area contributed by atoms with Crippen LogP contribution < -0.4 is 0 Å².